The molecule has 0 fully saturated rings. The zero-order valence-electron chi connectivity index (χ0n) is 16.9. The molecule has 0 saturated carbocycles. The summed E-state index contributed by atoms with van der Waals surface area (Å²) in [6.07, 6.45) is 1.36. The van der Waals surface area contributed by atoms with Gasteiger partial charge in [0, 0.05) is 5.56 Å². The van der Waals surface area contributed by atoms with Gasteiger partial charge in [-0.3, -0.25) is 14.2 Å². The minimum atomic E-state index is -1.10. The molecular weight excluding hydrogens is 425 g/mol. The summed E-state index contributed by atoms with van der Waals surface area (Å²) in [5.74, 6) is -2.71. The molecule has 0 spiro atoms. The summed E-state index contributed by atoms with van der Waals surface area (Å²) in [4.78, 5) is 33.2. The maximum absolute atomic E-state index is 13.9. The van der Waals surface area contributed by atoms with E-state index >= 15 is 0 Å². The number of nitrogens with zero attached hydrogens (tertiary/aromatic N) is 4. The minimum Gasteiger partial charge on any atom is -0.516 e. The highest BCUT2D eigenvalue weighted by Gasteiger charge is 2.17. The van der Waals surface area contributed by atoms with Crippen LogP contribution in [0, 0.1) is 23.7 Å². The van der Waals surface area contributed by atoms with Crippen LogP contribution in [0.4, 0.5) is 15.8 Å². The monoisotopic (exact) mass is 439 g/mol. The molecule has 0 aliphatic rings. The van der Waals surface area contributed by atoms with Crippen molar-refractivity contribution in [2.45, 2.75) is 6.54 Å². The molecule has 4 aromatic rings. The normalized spacial score (nSPS) is 10.4. The van der Waals surface area contributed by atoms with Gasteiger partial charge in [0.25, 0.3) is 11.5 Å². The molecule has 0 aliphatic carbocycles. The largest absolute Gasteiger partial charge is 0.516 e. The smallest absolute Gasteiger partial charge is 0.263 e. The van der Waals surface area contributed by atoms with Crippen molar-refractivity contribution < 1.29 is 14.3 Å². The van der Waals surface area contributed by atoms with E-state index in [0.29, 0.717) is 16.6 Å². The van der Waals surface area contributed by atoms with E-state index in [1.54, 1.807) is 36.4 Å². The van der Waals surface area contributed by atoms with E-state index in [1.807, 2.05) is 0 Å². The zero-order chi connectivity index (χ0) is 23.5. The number of carbonyl (C=O) groups excluding carboxylic acids is 1. The number of aromatic nitrogens is 2. The van der Waals surface area contributed by atoms with Crippen LogP contribution in [0.5, 0.6) is 5.75 Å². The highest BCUT2D eigenvalue weighted by atomic mass is 19.1. The molecule has 0 unspecified atom stereocenters. The van der Waals surface area contributed by atoms with Gasteiger partial charge in [-0.2, -0.15) is 5.26 Å². The third-order valence-electron chi connectivity index (χ3n) is 5.01. The lowest BCUT2D eigenvalue weighted by atomic mass is 10.1. The Balaban J connectivity index is 1.75. The molecule has 0 bridgehead atoms. The van der Waals surface area contributed by atoms with Gasteiger partial charge in [-0.1, -0.05) is 24.3 Å². The first-order chi connectivity index (χ1) is 15.9. The number of fused-ring (bicyclic) bond motifs is 1. The zero-order valence-corrected chi connectivity index (χ0v) is 16.9. The maximum Gasteiger partial charge on any atom is 0.263 e. The third-order valence-corrected chi connectivity index (χ3v) is 5.01. The molecule has 2 N–H and O–H groups in total. The average molecular weight is 439 g/mol. The van der Waals surface area contributed by atoms with E-state index < -0.39 is 28.7 Å². The Bertz CT molecular complexity index is 1560. The summed E-state index contributed by atoms with van der Waals surface area (Å²) in [5.41, 5.74) is 0.505. The van der Waals surface area contributed by atoms with Crippen LogP contribution in [0.3, 0.4) is 0 Å². The summed E-state index contributed by atoms with van der Waals surface area (Å²) in [7, 11) is 0. The molecule has 8 nitrogen and oxygen atoms in total. The number of phenols is 1. The number of rotatable bonds is 4. The molecule has 1 amide bonds. The molecule has 4 rings (SSSR count). The Kier molecular flexibility index (Phi) is 5.54. The number of anilines is 1. The van der Waals surface area contributed by atoms with Gasteiger partial charge in [-0.25, -0.2) is 14.2 Å². The van der Waals surface area contributed by atoms with Crippen molar-refractivity contribution in [3.05, 3.63) is 105 Å². The summed E-state index contributed by atoms with van der Waals surface area (Å²) < 4.78 is 15.2. The molecule has 9 heteroatoms. The minimum absolute atomic E-state index is 0.103. The first-order valence-electron chi connectivity index (χ1n) is 9.60. The fourth-order valence-electron chi connectivity index (χ4n) is 3.36. The van der Waals surface area contributed by atoms with Crippen molar-refractivity contribution in [2.24, 2.45) is 0 Å². The number of aromatic hydroxyl groups is 1. The average Bonchev–Trinajstić information content (AvgIpc) is 2.82. The highest BCUT2D eigenvalue weighted by Crippen LogP contribution is 2.31. The van der Waals surface area contributed by atoms with Crippen molar-refractivity contribution >= 4 is 28.2 Å². The van der Waals surface area contributed by atoms with Crippen molar-refractivity contribution in [2.75, 3.05) is 5.32 Å². The Hall–Kier alpha value is -5.02. The molecule has 33 heavy (non-hydrogen) atoms. The number of nitrogens with one attached hydrogen (secondary N) is 1. The van der Waals surface area contributed by atoms with E-state index in [2.05, 4.69) is 21.2 Å². The van der Waals surface area contributed by atoms with Crippen LogP contribution in [-0.4, -0.2) is 20.6 Å². The van der Waals surface area contributed by atoms with Crippen LogP contribution in [0.15, 0.2) is 65.7 Å². The Morgan fingerprint density at radius 3 is 2.79 bits per heavy atom. The van der Waals surface area contributed by atoms with Crippen LogP contribution < -0.4 is 10.9 Å². The number of benzene rings is 3. The standard InChI is InChI=1S/C24H14FN5O3/c1-27-20-10-16(9-17(25)22(20)31)23(32)29-19-8-4-7-18-21(19)24(33)30(13-28-18)12-15-6-3-2-5-14(15)11-26/h2-10,13,31H,12H2,(H,29,32). The second-order valence-corrected chi connectivity index (χ2v) is 7.04. The molecule has 1 heterocycles. The number of hydrogen-bond acceptors (Lipinski definition) is 5. The fraction of sp³-hybridized carbons (Fsp3) is 0.0417. The number of amides is 1. The van der Waals surface area contributed by atoms with Gasteiger partial charge >= 0.3 is 0 Å². The van der Waals surface area contributed by atoms with Crippen LogP contribution >= 0.6 is 0 Å². The highest BCUT2D eigenvalue weighted by molar-refractivity contribution is 6.09. The van der Waals surface area contributed by atoms with Crippen molar-refractivity contribution in [3.8, 4) is 11.8 Å². The van der Waals surface area contributed by atoms with Gasteiger partial charge in [0.1, 0.15) is 0 Å². The van der Waals surface area contributed by atoms with Crippen LogP contribution in [0.25, 0.3) is 15.7 Å². The van der Waals surface area contributed by atoms with Gasteiger partial charge in [0.05, 0.1) is 47.7 Å². The van der Waals surface area contributed by atoms with Crippen molar-refractivity contribution in [1.29, 1.82) is 5.26 Å². The predicted molar refractivity (Wildman–Crippen MR) is 119 cm³/mol. The van der Waals surface area contributed by atoms with E-state index in [4.69, 9.17) is 6.57 Å². The van der Waals surface area contributed by atoms with E-state index in [0.717, 1.165) is 12.1 Å². The van der Waals surface area contributed by atoms with Gasteiger partial charge in [0.15, 0.2) is 11.6 Å². The first-order valence-corrected chi connectivity index (χ1v) is 9.60. The van der Waals surface area contributed by atoms with Gasteiger partial charge in [0.2, 0.25) is 5.69 Å². The van der Waals surface area contributed by atoms with Gasteiger partial charge in [-0.05, 0) is 35.9 Å². The lowest BCUT2D eigenvalue weighted by molar-refractivity contribution is 0.102. The molecule has 0 atom stereocenters. The maximum atomic E-state index is 13.9. The van der Waals surface area contributed by atoms with E-state index in [9.17, 15) is 24.3 Å². The van der Waals surface area contributed by atoms with E-state index in [1.165, 1.54) is 17.0 Å². The Labute approximate surface area is 186 Å². The second kappa shape index (κ2) is 8.61. The fourth-order valence-corrected chi connectivity index (χ4v) is 3.36. The summed E-state index contributed by atoms with van der Waals surface area (Å²) in [5, 5.41) is 21.6. The predicted octanol–water partition coefficient (Wildman–Crippen LogP) is 3.96. The summed E-state index contributed by atoms with van der Waals surface area (Å²) in [6.45, 7) is 7.12. The number of nitriles is 1. The lowest BCUT2D eigenvalue weighted by Gasteiger charge is -2.12. The van der Waals surface area contributed by atoms with Gasteiger partial charge < -0.3 is 10.4 Å². The quantitative estimate of drug-likeness (QED) is 0.468. The summed E-state index contributed by atoms with van der Waals surface area (Å²) >= 11 is 0. The molecule has 0 radical (unpaired) electrons. The Morgan fingerprint density at radius 1 is 1.24 bits per heavy atom. The van der Waals surface area contributed by atoms with Crippen LogP contribution in [-0.2, 0) is 6.54 Å². The van der Waals surface area contributed by atoms with E-state index in [-0.39, 0.29) is 23.2 Å². The topological polar surface area (TPSA) is 112 Å². The van der Waals surface area contributed by atoms with Crippen molar-refractivity contribution in [3.63, 3.8) is 0 Å². The molecule has 160 valence electrons. The van der Waals surface area contributed by atoms with Crippen LogP contribution in [0.2, 0.25) is 0 Å². The summed E-state index contributed by atoms with van der Waals surface area (Å²) in [6, 6.07) is 15.5. The molecule has 0 aliphatic heterocycles. The molecule has 3 aromatic carbocycles. The SMILES string of the molecule is [C-]#[N+]c1cc(C(=O)Nc2cccc3ncn(Cc4ccccc4C#N)c(=O)c23)cc(F)c1O. The van der Waals surface area contributed by atoms with Gasteiger partial charge in [-0.15, -0.1) is 0 Å². The van der Waals surface area contributed by atoms with Crippen LogP contribution in [0.1, 0.15) is 21.5 Å². The number of phenolic OH excluding ortho intramolecular Hbond substituents is 1. The van der Waals surface area contributed by atoms with Crippen molar-refractivity contribution in [1.82, 2.24) is 9.55 Å². The molecular formula is C24H14FN5O3. The molecule has 0 saturated heterocycles. The Morgan fingerprint density at radius 2 is 2.03 bits per heavy atom. The second-order valence-electron chi connectivity index (χ2n) is 7.04. The number of carbonyl (C=O) groups is 1. The first kappa shape index (κ1) is 21.2. The third kappa shape index (κ3) is 3.99. The number of halogens is 1. The lowest BCUT2D eigenvalue weighted by Crippen LogP contribution is -2.23. The number of hydrogen-bond donors (Lipinski definition) is 2. The molecule has 1 aromatic heterocycles.